The van der Waals surface area contributed by atoms with Gasteiger partial charge in [-0.1, -0.05) is 26.1 Å². The first-order valence-electron chi connectivity index (χ1n) is 5.22. The summed E-state index contributed by atoms with van der Waals surface area (Å²) in [4.78, 5) is 11.5. The van der Waals surface area contributed by atoms with Gasteiger partial charge < -0.3 is 4.98 Å². The lowest BCUT2D eigenvalue weighted by molar-refractivity contribution is 0.631. The number of hydrogen-bond acceptors (Lipinski definition) is 4. The Morgan fingerprint density at radius 2 is 2.18 bits per heavy atom. The summed E-state index contributed by atoms with van der Waals surface area (Å²) in [5, 5.41) is 6.56. The van der Waals surface area contributed by atoms with Crippen molar-refractivity contribution < 1.29 is 0 Å². The van der Waals surface area contributed by atoms with Crippen molar-refractivity contribution in [3.8, 4) is 11.6 Å². The molecule has 0 amide bonds. The van der Waals surface area contributed by atoms with Crippen LogP contribution in [0, 0.1) is 10.6 Å². The number of nitrogens with zero attached hydrogens (tertiary/aromatic N) is 3. The molecular weight excluding hydrogens is 302 g/mol. The standard InChI is InChI=1S/C10H12BrN5S/c1-5(2)3-6-7(11)10(17)15-9(14-6)8-12-4-13-16-8/h4-5H,3H2,1-2H3,(H,12,13,16)(H,14,15,17). The maximum atomic E-state index is 5.21. The summed E-state index contributed by atoms with van der Waals surface area (Å²) in [7, 11) is 0. The van der Waals surface area contributed by atoms with Gasteiger partial charge in [-0.25, -0.2) is 9.97 Å². The van der Waals surface area contributed by atoms with Gasteiger partial charge in [0.1, 0.15) is 11.0 Å². The first-order valence-corrected chi connectivity index (χ1v) is 6.42. The highest BCUT2D eigenvalue weighted by Gasteiger charge is 2.10. The molecule has 0 spiro atoms. The summed E-state index contributed by atoms with van der Waals surface area (Å²) >= 11 is 8.68. The summed E-state index contributed by atoms with van der Waals surface area (Å²) in [6.45, 7) is 4.30. The van der Waals surface area contributed by atoms with Crippen LogP contribution in [0.3, 0.4) is 0 Å². The Balaban J connectivity index is 2.50. The van der Waals surface area contributed by atoms with Gasteiger partial charge in [-0.15, -0.1) is 0 Å². The van der Waals surface area contributed by atoms with E-state index in [0.29, 0.717) is 22.2 Å². The van der Waals surface area contributed by atoms with E-state index in [-0.39, 0.29) is 0 Å². The number of H-pyrrole nitrogens is 2. The van der Waals surface area contributed by atoms with Crippen LogP contribution in [0.1, 0.15) is 19.5 Å². The molecule has 0 aromatic carbocycles. The average molecular weight is 314 g/mol. The number of halogens is 1. The molecule has 2 aromatic heterocycles. The van der Waals surface area contributed by atoms with Gasteiger partial charge in [0.25, 0.3) is 0 Å². The minimum atomic E-state index is 0.530. The molecule has 0 saturated carbocycles. The zero-order chi connectivity index (χ0) is 12.4. The fourth-order valence-corrected chi connectivity index (χ4v) is 2.05. The second-order valence-electron chi connectivity index (χ2n) is 4.12. The van der Waals surface area contributed by atoms with Gasteiger partial charge in [0.05, 0.1) is 4.47 Å². The van der Waals surface area contributed by atoms with Crippen LogP contribution in [-0.4, -0.2) is 25.1 Å². The molecule has 0 bridgehead atoms. The zero-order valence-electron chi connectivity index (χ0n) is 9.49. The van der Waals surface area contributed by atoms with Crippen LogP contribution in [0.2, 0.25) is 0 Å². The molecule has 7 heteroatoms. The van der Waals surface area contributed by atoms with Crippen molar-refractivity contribution in [3.63, 3.8) is 0 Å². The fourth-order valence-electron chi connectivity index (χ4n) is 1.49. The van der Waals surface area contributed by atoms with E-state index in [1.165, 1.54) is 6.33 Å². The number of nitrogens with one attached hydrogen (secondary N) is 2. The van der Waals surface area contributed by atoms with E-state index in [2.05, 4.69) is 54.9 Å². The summed E-state index contributed by atoms with van der Waals surface area (Å²) in [5.74, 6) is 1.74. The first kappa shape index (κ1) is 12.4. The Bertz CT molecular complexity index is 561. The molecule has 2 N–H and O–H groups in total. The number of aromatic amines is 2. The third kappa shape index (κ3) is 2.78. The van der Waals surface area contributed by atoms with Gasteiger partial charge >= 0.3 is 0 Å². The Labute approximate surface area is 112 Å². The summed E-state index contributed by atoms with van der Waals surface area (Å²) in [6, 6.07) is 0. The van der Waals surface area contributed by atoms with Crippen molar-refractivity contribution in [2.75, 3.05) is 0 Å². The summed E-state index contributed by atoms with van der Waals surface area (Å²) in [5.41, 5.74) is 1.03. The van der Waals surface area contributed by atoms with E-state index in [1.54, 1.807) is 0 Å². The van der Waals surface area contributed by atoms with Crippen LogP contribution in [0.5, 0.6) is 0 Å². The van der Waals surface area contributed by atoms with Crippen molar-refractivity contribution in [2.45, 2.75) is 20.3 Å². The molecule has 2 rings (SSSR count). The third-order valence-electron chi connectivity index (χ3n) is 2.19. The zero-order valence-corrected chi connectivity index (χ0v) is 11.9. The number of rotatable bonds is 3. The van der Waals surface area contributed by atoms with Gasteiger partial charge in [0.15, 0.2) is 11.6 Å². The molecule has 2 aromatic rings. The highest BCUT2D eigenvalue weighted by molar-refractivity contribution is 9.10. The van der Waals surface area contributed by atoms with Crippen LogP contribution in [-0.2, 0) is 6.42 Å². The van der Waals surface area contributed by atoms with E-state index in [1.807, 2.05) is 0 Å². The Morgan fingerprint density at radius 3 is 2.76 bits per heavy atom. The van der Waals surface area contributed by atoms with E-state index >= 15 is 0 Å². The Kier molecular flexibility index (Phi) is 3.68. The van der Waals surface area contributed by atoms with Crippen LogP contribution in [0.25, 0.3) is 11.6 Å². The first-order chi connectivity index (χ1) is 8.08. The molecule has 0 fully saturated rings. The molecule has 0 unspecified atom stereocenters. The Hall–Kier alpha value is -1.08. The lowest BCUT2D eigenvalue weighted by Gasteiger charge is -2.09. The molecule has 90 valence electrons. The van der Waals surface area contributed by atoms with E-state index in [4.69, 9.17) is 12.2 Å². The van der Waals surface area contributed by atoms with Gasteiger partial charge in [-0.2, -0.15) is 5.10 Å². The molecule has 0 radical (unpaired) electrons. The SMILES string of the molecule is CC(C)Cc1[nH]c(-c2ncn[nH]2)nc(=S)c1Br. The maximum Gasteiger partial charge on any atom is 0.191 e. The number of aromatic nitrogens is 5. The third-order valence-corrected chi connectivity index (χ3v) is 3.60. The quantitative estimate of drug-likeness (QED) is 0.855. The second kappa shape index (κ2) is 5.05. The predicted octanol–water partition coefficient (Wildman–Crippen LogP) is 2.89. The van der Waals surface area contributed by atoms with Gasteiger partial charge in [0, 0.05) is 5.69 Å². The van der Waals surface area contributed by atoms with Crippen molar-refractivity contribution >= 4 is 28.1 Å². The van der Waals surface area contributed by atoms with Gasteiger partial charge in [0.2, 0.25) is 0 Å². The number of hydrogen-bond donors (Lipinski definition) is 2. The molecule has 0 atom stereocenters. The molecular formula is C10H12BrN5S. The predicted molar refractivity (Wildman–Crippen MR) is 71.0 cm³/mol. The lowest BCUT2D eigenvalue weighted by atomic mass is 10.1. The van der Waals surface area contributed by atoms with E-state index in [9.17, 15) is 0 Å². The largest absolute Gasteiger partial charge is 0.339 e. The molecule has 0 aliphatic carbocycles. The summed E-state index contributed by atoms with van der Waals surface area (Å²) in [6.07, 6.45) is 2.34. The molecule has 0 aliphatic heterocycles. The van der Waals surface area contributed by atoms with Gasteiger partial charge in [-0.05, 0) is 28.3 Å². The second-order valence-corrected chi connectivity index (χ2v) is 5.29. The van der Waals surface area contributed by atoms with Crippen molar-refractivity contribution in [1.82, 2.24) is 25.1 Å². The van der Waals surface area contributed by atoms with Crippen LogP contribution in [0.15, 0.2) is 10.8 Å². The average Bonchev–Trinajstić information content (AvgIpc) is 2.77. The van der Waals surface area contributed by atoms with Crippen molar-refractivity contribution in [2.24, 2.45) is 5.92 Å². The van der Waals surface area contributed by atoms with Crippen molar-refractivity contribution in [3.05, 3.63) is 21.1 Å². The van der Waals surface area contributed by atoms with Crippen LogP contribution < -0.4 is 0 Å². The molecule has 5 nitrogen and oxygen atoms in total. The minimum absolute atomic E-state index is 0.530. The van der Waals surface area contributed by atoms with Crippen LogP contribution in [0.4, 0.5) is 0 Å². The molecule has 0 saturated heterocycles. The smallest absolute Gasteiger partial charge is 0.191 e. The van der Waals surface area contributed by atoms with E-state index < -0.39 is 0 Å². The minimum Gasteiger partial charge on any atom is -0.339 e. The topological polar surface area (TPSA) is 70.2 Å². The molecule has 17 heavy (non-hydrogen) atoms. The molecule has 0 aliphatic rings. The monoisotopic (exact) mass is 313 g/mol. The summed E-state index contributed by atoms with van der Waals surface area (Å²) < 4.78 is 1.38. The maximum absolute atomic E-state index is 5.21. The van der Waals surface area contributed by atoms with E-state index in [0.717, 1.165) is 16.6 Å². The van der Waals surface area contributed by atoms with Gasteiger partial charge in [-0.3, -0.25) is 5.10 Å². The highest BCUT2D eigenvalue weighted by atomic mass is 79.9. The highest BCUT2D eigenvalue weighted by Crippen LogP contribution is 2.21. The Morgan fingerprint density at radius 1 is 1.41 bits per heavy atom. The van der Waals surface area contributed by atoms with Crippen molar-refractivity contribution in [1.29, 1.82) is 0 Å². The lowest BCUT2D eigenvalue weighted by Crippen LogP contribution is -2.03. The normalized spacial score (nSPS) is 11.1. The fraction of sp³-hybridized carbons (Fsp3) is 0.400. The molecule has 2 heterocycles. The van der Waals surface area contributed by atoms with Crippen LogP contribution >= 0.6 is 28.1 Å².